The third-order valence-electron chi connectivity index (χ3n) is 5.43. The van der Waals surface area contributed by atoms with Gasteiger partial charge in [-0.25, -0.2) is 4.39 Å². The molecular weight excluding hydrogens is 485 g/mol. The molecule has 1 aromatic heterocycles. The van der Waals surface area contributed by atoms with E-state index in [9.17, 15) is 14.5 Å². The molecule has 0 unspecified atom stereocenters. The van der Waals surface area contributed by atoms with Gasteiger partial charge in [0.15, 0.2) is 5.69 Å². The maximum Gasteiger partial charge on any atom is 0.270 e. The summed E-state index contributed by atoms with van der Waals surface area (Å²) in [6.45, 7) is 2.19. The number of ether oxygens (including phenoxy) is 2. The van der Waals surface area contributed by atoms with E-state index in [-0.39, 0.29) is 17.4 Å². The lowest BCUT2D eigenvalue weighted by Gasteiger charge is -2.21. The molecule has 0 radical (unpaired) electrons. The first-order valence-electron chi connectivity index (χ1n) is 11.1. The topological polar surface area (TPSA) is 112 Å². The number of para-hydroxylation sites is 1. The van der Waals surface area contributed by atoms with Crippen molar-refractivity contribution in [1.82, 2.24) is 15.2 Å². The summed E-state index contributed by atoms with van der Waals surface area (Å²) in [7, 11) is 0. The Balaban J connectivity index is 1.54. The van der Waals surface area contributed by atoms with Crippen LogP contribution in [0.4, 0.5) is 15.8 Å². The molecule has 0 saturated heterocycles. The van der Waals surface area contributed by atoms with Crippen molar-refractivity contribution in [2.75, 3.05) is 11.9 Å². The van der Waals surface area contributed by atoms with Crippen LogP contribution in [0, 0.1) is 15.9 Å². The normalized spacial score (nSPS) is 14.0. The number of hydrogen-bond donors (Lipinski definition) is 1. The molecule has 182 valence electrons. The fourth-order valence-electron chi connectivity index (χ4n) is 3.75. The Morgan fingerprint density at radius 1 is 1.14 bits per heavy atom. The number of hydrogen-bond acceptors (Lipinski definition) is 9. The first-order valence-corrected chi connectivity index (χ1v) is 12.1. The lowest BCUT2D eigenvalue weighted by atomic mass is 10.1. The van der Waals surface area contributed by atoms with Crippen LogP contribution < -0.4 is 14.8 Å². The average Bonchev–Trinajstić information content (AvgIpc) is 3.05. The maximum atomic E-state index is 14.1. The Morgan fingerprint density at radius 3 is 2.75 bits per heavy atom. The van der Waals surface area contributed by atoms with Gasteiger partial charge in [0.05, 0.1) is 17.1 Å². The van der Waals surface area contributed by atoms with Crippen molar-refractivity contribution >= 4 is 23.1 Å². The van der Waals surface area contributed by atoms with E-state index in [1.54, 1.807) is 24.3 Å². The molecule has 11 heteroatoms. The van der Waals surface area contributed by atoms with Gasteiger partial charge >= 0.3 is 0 Å². The molecule has 0 spiro atoms. The molecule has 5 rings (SSSR count). The van der Waals surface area contributed by atoms with Crippen molar-refractivity contribution < 1.29 is 18.8 Å². The summed E-state index contributed by atoms with van der Waals surface area (Å²) in [5.74, 6) is 0.636. The number of non-ortho nitro benzene ring substituents is 1. The summed E-state index contributed by atoms with van der Waals surface area (Å²) in [6, 6.07) is 18.2. The molecule has 0 aliphatic carbocycles. The number of nitrogens with zero attached hydrogens (tertiary/aromatic N) is 4. The Bertz CT molecular complexity index is 1440. The fourth-order valence-corrected chi connectivity index (χ4v) is 4.51. The minimum atomic E-state index is -0.866. The molecular formula is C25H20FN5O4S. The number of thioether (sulfide) groups is 1. The number of anilines is 1. The summed E-state index contributed by atoms with van der Waals surface area (Å²) < 4.78 is 26.0. The van der Waals surface area contributed by atoms with Crippen molar-refractivity contribution in [3.63, 3.8) is 0 Å². The Kier molecular flexibility index (Phi) is 6.63. The second kappa shape index (κ2) is 10.2. The summed E-state index contributed by atoms with van der Waals surface area (Å²) in [4.78, 5) is 15.6. The summed E-state index contributed by atoms with van der Waals surface area (Å²) >= 11 is 1.22. The zero-order valence-corrected chi connectivity index (χ0v) is 19.9. The number of fused-ring (bicyclic) bond motifs is 3. The summed E-state index contributed by atoms with van der Waals surface area (Å²) in [5, 5.41) is 23.6. The Morgan fingerprint density at radius 2 is 1.94 bits per heavy atom. The van der Waals surface area contributed by atoms with E-state index in [0.29, 0.717) is 51.3 Å². The predicted molar refractivity (Wildman–Crippen MR) is 132 cm³/mol. The lowest BCUT2D eigenvalue weighted by Crippen LogP contribution is -2.18. The van der Waals surface area contributed by atoms with E-state index < -0.39 is 11.2 Å². The van der Waals surface area contributed by atoms with E-state index in [4.69, 9.17) is 9.47 Å². The van der Waals surface area contributed by atoms with Crippen LogP contribution in [0.1, 0.15) is 24.3 Å². The van der Waals surface area contributed by atoms with Gasteiger partial charge < -0.3 is 14.8 Å². The highest BCUT2D eigenvalue weighted by Gasteiger charge is 2.29. The molecule has 0 saturated carbocycles. The highest BCUT2D eigenvalue weighted by atomic mass is 32.2. The van der Waals surface area contributed by atoms with Crippen molar-refractivity contribution in [2.45, 2.75) is 24.1 Å². The molecule has 0 fully saturated rings. The summed E-state index contributed by atoms with van der Waals surface area (Å²) in [5.41, 5.74) is 2.68. The lowest BCUT2D eigenvalue weighted by molar-refractivity contribution is -0.385. The van der Waals surface area contributed by atoms with E-state index >= 15 is 0 Å². The van der Waals surface area contributed by atoms with Crippen LogP contribution in [-0.2, 0) is 5.75 Å². The number of rotatable bonds is 7. The van der Waals surface area contributed by atoms with Gasteiger partial charge in [0.25, 0.3) is 5.69 Å². The van der Waals surface area contributed by atoms with Crippen molar-refractivity contribution in [3.05, 3.63) is 93.8 Å². The number of benzene rings is 3. The van der Waals surface area contributed by atoms with Crippen LogP contribution in [0.5, 0.6) is 11.6 Å². The zero-order chi connectivity index (χ0) is 25.1. The monoisotopic (exact) mass is 505 g/mol. The molecule has 1 N–H and O–H groups in total. The molecule has 2 heterocycles. The molecule has 1 aliphatic rings. The van der Waals surface area contributed by atoms with Crippen molar-refractivity contribution in [1.29, 1.82) is 0 Å². The number of nitro benzene ring substituents is 1. The number of nitro groups is 1. The first-order chi connectivity index (χ1) is 17.5. The van der Waals surface area contributed by atoms with Crippen LogP contribution in [0.15, 0.2) is 71.9 Å². The van der Waals surface area contributed by atoms with E-state index in [1.807, 2.05) is 31.2 Å². The van der Waals surface area contributed by atoms with Gasteiger partial charge in [0, 0.05) is 29.1 Å². The van der Waals surface area contributed by atoms with Gasteiger partial charge in [-0.05, 0) is 30.7 Å². The van der Waals surface area contributed by atoms with E-state index in [2.05, 4.69) is 20.5 Å². The third-order valence-corrected chi connectivity index (χ3v) is 6.32. The molecule has 0 amide bonds. The second-order valence-electron chi connectivity index (χ2n) is 7.73. The van der Waals surface area contributed by atoms with Gasteiger partial charge in [-0.3, -0.25) is 10.1 Å². The van der Waals surface area contributed by atoms with Crippen LogP contribution in [0.2, 0.25) is 0 Å². The standard InChI is InChI=1S/C25H20FN5O4S/c1-2-34-21-12-11-16(31(32)33)13-18(21)23-27-20-10-6-4-8-17(20)22-24(35-23)28-25(30-29-22)36-14-15-7-3-5-9-19(15)26/h3-13,23,27H,2,14H2,1H3/t23-/m0/s1. The Hall–Kier alpha value is -4.25. The quantitative estimate of drug-likeness (QED) is 0.190. The third kappa shape index (κ3) is 4.78. The molecule has 3 aromatic carbocycles. The zero-order valence-electron chi connectivity index (χ0n) is 19.1. The first kappa shape index (κ1) is 23.5. The van der Waals surface area contributed by atoms with Crippen molar-refractivity contribution in [3.8, 4) is 22.9 Å². The maximum absolute atomic E-state index is 14.1. The minimum absolute atomic E-state index is 0.0986. The van der Waals surface area contributed by atoms with Crippen molar-refractivity contribution in [2.24, 2.45) is 0 Å². The molecule has 1 aliphatic heterocycles. The second-order valence-corrected chi connectivity index (χ2v) is 8.67. The van der Waals surface area contributed by atoms with Gasteiger partial charge in [-0.15, -0.1) is 10.2 Å². The molecule has 36 heavy (non-hydrogen) atoms. The van der Waals surface area contributed by atoms with Gasteiger partial charge in [0.2, 0.25) is 17.3 Å². The SMILES string of the molecule is CCOc1ccc([N+](=O)[O-])cc1[C@H]1Nc2ccccc2-c2nnc(SCc3ccccc3F)nc2O1. The molecule has 9 nitrogen and oxygen atoms in total. The van der Waals surface area contributed by atoms with Gasteiger partial charge in [-0.2, -0.15) is 4.98 Å². The van der Waals surface area contributed by atoms with E-state index in [0.717, 1.165) is 0 Å². The smallest absolute Gasteiger partial charge is 0.270 e. The van der Waals surface area contributed by atoms with Crippen LogP contribution in [0.25, 0.3) is 11.3 Å². The predicted octanol–water partition coefficient (Wildman–Crippen LogP) is 5.78. The highest BCUT2D eigenvalue weighted by molar-refractivity contribution is 7.98. The Labute approximate surface area is 209 Å². The molecule has 4 aromatic rings. The van der Waals surface area contributed by atoms with Gasteiger partial charge in [-0.1, -0.05) is 48.2 Å². The number of aromatic nitrogens is 3. The largest absolute Gasteiger partial charge is 0.493 e. The summed E-state index contributed by atoms with van der Waals surface area (Å²) in [6.07, 6.45) is -0.866. The average molecular weight is 506 g/mol. The highest BCUT2D eigenvalue weighted by Crippen LogP contribution is 2.42. The van der Waals surface area contributed by atoms with E-state index in [1.165, 1.54) is 30.0 Å². The van der Waals surface area contributed by atoms with Crippen LogP contribution in [-0.4, -0.2) is 26.7 Å². The number of nitrogens with one attached hydrogen (secondary N) is 1. The minimum Gasteiger partial charge on any atom is -0.493 e. The van der Waals surface area contributed by atoms with Crippen LogP contribution >= 0.6 is 11.8 Å². The molecule has 0 bridgehead atoms. The van der Waals surface area contributed by atoms with Crippen LogP contribution in [0.3, 0.4) is 0 Å². The van der Waals surface area contributed by atoms with Gasteiger partial charge in [0.1, 0.15) is 11.6 Å². The fraction of sp³-hybridized carbons (Fsp3) is 0.160. The molecule has 1 atom stereocenters. The number of halogens is 1.